The summed E-state index contributed by atoms with van der Waals surface area (Å²) in [5.74, 6) is 0.279. The molecule has 0 radical (unpaired) electrons. The van der Waals surface area contributed by atoms with Gasteiger partial charge in [0.1, 0.15) is 11.9 Å². The van der Waals surface area contributed by atoms with E-state index in [4.69, 9.17) is 4.52 Å². The monoisotopic (exact) mass is 415 g/mol. The maximum absolute atomic E-state index is 13.1. The number of benzene rings is 3. The Balaban J connectivity index is 1.55. The molecule has 4 rings (SSSR count). The van der Waals surface area contributed by atoms with Gasteiger partial charge < -0.3 is 9.84 Å². The van der Waals surface area contributed by atoms with Crippen LogP contribution in [-0.4, -0.2) is 16.0 Å². The summed E-state index contributed by atoms with van der Waals surface area (Å²) < 4.78 is 18.7. The Morgan fingerprint density at radius 1 is 1.00 bits per heavy atom. The zero-order valence-electron chi connectivity index (χ0n) is 17.1. The topological polar surface area (TPSA) is 68.0 Å². The van der Waals surface area contributed by atoms with Gasteiger partial charge in [0.2, 0.25) is 17.6 Å². The molecule has 31 heavy (non-hydrogen) atoms. The van der Waals surface area contributed by atoms with Crippen LogP contribution in [0.4, 0.5) is 4.39 Å². The quantitative estimate of drug-likeness (QED) is 0.470. The lowest BCUT2D eigenvalue weighted by Gasteiger charge is -2.15. The Kier molecular flexibility index (Phi) is 6.17. The number of carbonyl (C=O) groups excluding carboxylic acids is 1. The summed E-state index contributed by atoms with van der Waals surface area (Å²) in [5.41, 5.74) is 3.71. The molecule has 0 saturated heterocycles. The molecule has 6 heteroatoms. The van der Waals surface area contributed by atoms with E-state index < -0.39 is 6.04 Å². The minimum absolute atomic E-state index is 0.129. The van der Waals surface area contributed by atoms with Gasteiger partial charge in [-0.1, -0.05) is 71.4 Å². The van der Waals surface area contributed by atoms with Crippen molar-refractivity contribution in [2.24, 2.45) is 0 Å². The number of amides is 1. The highest BCUT2D eigenvalue weighted by Crippen LogP contribution is 2.22. The van der Waals surface area contributed by atoms with Gasteiger partial charge in [-0.2, -0.15) is 4.98 Å². The Hall–Kier alpha value is -3.80. The number of nitrogens with zero attached hydrogens (tertiary/aromatic N) is 2. The fourth-order valence-corrected chi connectivity index (χ4v) is 3.36. The van der Waals surface area contributed by atoms with Crippen molar-refractivity contribution in [3.63, 3.8) is 0 Å². The maximum Gasteiger partial charge on any atom is 0.249 e. The molecule has 1 amide bonds. The number of aryl methyl sites for hydroxylation is 1. The lowest BCUT2D eigenvalue weighted by Crippen LogP contribution is -2.31. The van der Waals surface area contributed by atoms with Gasteiger partial charge in [-0.05, 0) is 36.2 Å². The minimum atomic E-state index is -0.485. The first-order valence-corrected chi connectivity index (χ1v) is 10.1. The van der Waals surface area contributed by atoms with E-state index in [0.717, 1.165) is 22.3 Å². The van der Waals surface area contributed by atoms with Crippen LogP contribution in [0.25, 0.3) is 11.4 Å². The summed E-state index contributed by atoms with van der Waals surface area (Å²) in [6, 6.07) is 23.0. The van der Waals surface area contributed by atoms with Crippen molar-refractivity contribution >= 4 is 5.91 Å². The Bertz CT molecular complexity index is 1160. The van der Waals surface area contributed by atoms with Gasteiger partial charge in [0.05, 0.1) is 6.42 Å². The van der Waals surface area contributed by atoms with Gasteiger partial charge in [0.15, 0.2) is 0 Å². The number of rotatable bonds is 7. The molecule has 1 N–H and O–H groups in total. The second kappa shape index (κ2) is 9.34. The molecule has 3 aromatic carbocycles. The SMILES string of the molecule is Cc1cccc(-c2noc(C(Cc3ccccc3)NC(=O)Cc3ccc(F)cc3)n2)c1. The zero-order valence-corrected chi connectivity index (χ0v) is 17.1. The number of aromatic nitrogens is 2. The van der Waals surface area contributed by atoms with Crippen LogP contribution < -0.4 is 5.32 Å². The first-order valence-electron chi connectivity index (χ1n) is 10.1. The molecule has 0 fully saturated rings. The van der Waals surface area contributed by atoms with Crippen LogP contribution in [0.5, 0.6) is 0 Å². The van der Waals surface area contributed by atoms with Gasteiger partial charge in [-0.3, -0.25) is 4.79 Å². The number of nitrogens with one attached hydrogen (secondary N) is 1. The molecule has 1 heterocycles. The average Bonchev–Trinajstić information content (AvgIpc) is 3.26. The van der Waals surface area contributed by atoms with E-state index in [9.17, 15) is 9.18 Å². The van der Waals surface area contributed by atoms with E-state index in [2.05, 4.69) is 15.5 Å². The molecule has 0 spiro atoms. The molecule has 1 atom stereocenters. The summed E-state index contributed by atoms with van der Waals surface area (Å²) in [6.45, 7) is 2.00. The molecule has 156 valence electrons. The van der Waals surface area contributed by atoms with Crippen LogP contribution in [0, 0.1) is 12.7 Å². The van der Waals surface area contributed by atoms with Crippen LogP contribution in [0.3, 0.4) is 0 Å². The highest BCUT2D eigenvalue weighted by atomic mass is 19.1. The summed E-state index contributed by atoms with van der Waals surface area (Å²) in [7, 11) is 0. The van der Waals surface area contributed by atoms with Crippen LogP contribution in [0.1, 0.15) is 28.6 Å². The van der Waals surface area contributed by atoms with Gasteiger partial charge in [0, 0.05) is 12.0 Å². The summed E-state index contributed by atoms with van der Waals surface area (Å²) in [5, 5.41) is 7.10. The first kappa shape index (κ1) is 20.5. The second-order valence-electron chi connectivity index (χ2n) is 7.44. The fourth-order valence-electron chi connectivity index (χ4n) is 3.36. The third-order valence-corrected chi connectivity index (χ3v) is 4.91. The van der Waals surface area contributed by atoms with Crippen molar-refractivity contribution in [2.45, 2.75) is 25.8 Å². The molecule has 5 nitrogen and oxygen atoms in total. The fraction of sp³-hybridized carbons (Fsp3) is 0.160. The molecule has 0 aliphatic carbocycles. The third kappa shape index (κ3) is 5.42. The maximum atomic E-state index is 13.1. The Labute approximate surface area is 179 Å². The van der Waals surface area contributed by atoms with E-state index in [-0.39, 0.29) is 18.1 Å². The number of hydrogen-bond donors (Lipinski definition) is 1. The molecule has 1 unspecified atom stereocenters. The first-order chi connectivity index (χ1) is 15.1. The molecule has 0 aliphatic heterocycles. The molecule has 1 aromatic heterocycles. The number of carbonyl (C=O) groups is 1. The third-order valence-electron chi connectivity index (χ3n) is 4.91. The Morgan fingerprint density at radius 3 is 2.52 bits per heavy atom. The van der Waals surface area contributed by atoms with Crippen molar-refractivity contribution in [2.75, 3.05) is 0 Å². The molecular formula is C25H22FN3O2. The number of halogens is 1. The normalized spacial score (nSPS) is 11.8. The van der Waals surface area contributed by atoms with E-state index in [1.807, 2.05) is 61.5 Å². The standard InChI is InChI=1S/C25H22FN3O2/c1-17-6-5-9-20(14-17)24-28-25(31-29-24)22(15-18-7-3-2-4-8-18)27-23(30)16-19-10-12-21(26)13-11-19/h2-14,22H,15-16H2,1H3,(H,27,30). The van der Waals surface area contributed by atoms with Crippen LogP contribution in [0.2, 0.25) is 0 Å². The molecule has 0 saturated carbocycles. The van der Waals surface area contributed by atoms with Gasteiger partial charge >= 0.3 is 0 Å². The van der Waals surface area contributed by atoms with E-state index in [0.29, 0.717) is 18.1 Å². The average molecular weight is 415 g/mol. The van der Waals surface area contributed by atoms with Crippen molar-refractivity contribution in [1.29, 1.82) is 0 Å². The predicted molar refractivity (Wildman–Crippen MR) is 116 cm³/mol. The lowest BCUT2D eigenvalue weighted by molar-refractivity contribution is -0.121. The van der Waals surface area contributed by atoms with Crippen LogP contribution in [0.15, 0.2) is 83.4 Å². The molecule has 4 aromatic rings. The summed E-state index contributed by atoms with van der Waals surface area (Å²) in [4.78, 5) is 17.2. The highest BCUT2D eigenvalue weighted by Gasteiger charge is 2.22. The molecule has 0 bridgehead atoms. The highest BCUT2D eigenvalue weighted by molar-refractivity contribution is 5.79. The van der Waals surface area contributed by atoms with Crippen molar-refractivity contribution < 1.29 is 13.7 Å². The molecular weight excluding hydrogens is 393 g/mol. The van der Waals surface area contributed by atoms with Crippen molar-refractivity contribution in [3.05, 3.63) is 107 Å². The minimum Gasteiger partial charge on any atom is -0.344 e. The van der Waals surface area contributed by atoms with Crippen LogP contribution in [-0.2, 0) is 17.6 Å². The Morgan fingerprint density at radius 2 is 1.77 bits per heavy atom. The second-order valence-corrected chi connectivity index (χ2v) is 7.44. The lowest BCUT2D eigenvalue weighted by atomic mass is 10.0. The van der Waals surface area contributed by atoms with Gasteiger partial charge in [-0.15, -0.1) is 0 Å². The smallest absolute Gasteiger partial charge is 0.249 e. The van der Waals surface area contributed by atoms with E-state index >= 15 is 0 Å². The van der Waals surface area contributed by atoms with Gasteiger partial charge in [0.25, 0.3) is 0 Å². The number of hydrogen-bond acceptors (Lipinski definition) is 4. The summed E-state index contributed by atoms with van der Waals surface area (Å²) >= 11 is 0. The van der Waals surface area contributed by atoms with Crippen molar-refractivity contribution in [3.8, 4) is 11.4 Å². The van der Waals surface area contributed by atoms with Crippen LogP contribution >= 0.6 is 0 Å². The summed E-state index contributed by atoms with van der Waals surface area (Å²) in [6.07, 6.45) is 0.635. The van der Waals surface area contributed by atoms with Crippen molar-refractivity contribution in [1.82, 2.24) is 15.5 Å². The van der Waals surface area contributed by atoms with Gasteiger partial charge in [-0.25, -0.2) is 4.39 Å². The van der Waals surface area contributed by atoms with E-state index in [1.54, 1.807) is 12.1 Å². The van der Waals surface area contributed by atoms with E-state index in [1.165, 1.54) is 12.1 Å². The zero-order chi connectivity index (χ0) is 21.6. The molecule has 0 aliphatic rings. The largest absolute Gasteiger partial charge is 0.344 e. The predicted octanol–water partition coefficient (Wildman–Crippen LogP) is 4.83.